The summed E-state index contributed by atoms with van der Waals surface area (Å²) in [7, 11) is 1.02. The molecule has 1 heterocycles. The fourth-order valence-corrected chi connectivity index (χ4v) is 3.30. The minimum absolute atomic E-state index is 0.355. The highest BCUT2D eigenvalue weighted by Gasteiger charge is 2.16. The van der Waals surface area contributed by atoms with Gasteiger partial charge in [-0.15, -0.1) is 0 Å². The van der Waals surface area contributed by atoms with E-state index in [-0.39, 0.29) is 0 Å². The number of nitrogens with zero attached hydrogens (tertiary/aromatic N) is 1. The second kappa shape index (κ2) is 7.44. The molecule has 1 aliphatic rings. The zero-order valence-electron chi connectivity index (χ0n) is 11.7. The van der Waals surface area contributed by atoms with E-state index in [1.807, 2.05) is 18.2 Å². The maximum Gasteiger partial charge on any atom is 0.119 e. The van der Waals surface area contributed by atoms with Crippen LogP contribution in [0.2, 0.25) is 0 Å². The average Bonchev–Trinajstić information content (AvgIpc) is 2.48. The number of hydrogen-bond donors (Lipinski definition) is 1. The van der Waals surface area contributed by atoms with Gasteiger partial charge in [-0.2, -0.15) is 0 Å². The van der Waals surface area contributed by atoms with Gasteiger partial charge >= 0.3 is 0 Å². The Bertz CT molecular complexity index is 539. The van der Waals surface area contributed by atoms with Crippen LogP contribution in [-0.2, 0) is 17.3 Å². The molecule has 1 aromatic carbocycles. The first kappa shape index (κ1) is 15.0. The van der Waals surface area contributed by atoms with Gasteiger partial charge in [-0.25, -0.2) is 0 Å². The van der Waals surface area contributed by atoms with Crippen LogP contribution >= 0.6 is 0 Å². The zero-order valence-corrected chi connectivity index (χ0v) is 12.5. The molecule has 0 saturated carbocycles. The van der Waals surface area contributed by atoms with Gasteiger partial charge in [-0.05, 0) is 23.8 Å². The number of hydrogen-bond acceptors (Lipinski definition) is 4. The molecule has 0 spiro atoms. The van der Waals surface area contributed by atoms with E-state index >= 15 is 0 Å². The van der Waals surface area contributed by atoms with Gasteiger partial charge in [0.1, 0.15) is 5.75 Å². The van der Waals surface area contributed by atoms with Crippen LogP contribution in [0.15, 0.2) is 18.2 Å². The number of nitrogens with two attached hydrogens (primary N) is 1. The Balaban J connectivity index is 2.17. The van der Waals surface area contributed by atoms with Crippen LogP contribution in [-0.4, -0.2) is 47.4 Å². The van der Waals surface area contributed by atoms with E-state index in [4.69, 9.17) is 10.5 Å². The number of rotatable bonds is 3. The molecule has 1 aliphatic heterocycles. The topological polar surface area (TPSA) is 55.6 Å². The van der Waals surface area contributed by atoms with Crippen molar-refractivity contribution in [3.05, 3.63) is 29.3 Å². The van der Waals surface area contributed by atoms with Gasteiger partial charge in [-0.3, -0.25) is 9.11 Å². The normalized spacial score (nSPS) is 16.5. The minimum atomic E-state index is -0.646. The molecule has 0 amide bonds. The lowest BCUT2D eigenvalue weighted by Crippen LogP contribution is -2.37. The molecule has 0 atom stereocenters. The van der Waals surface area contributed by atoms with Gasteiger partial charge in [0.25, 0.3) is 0 Å². The largest absolute Gasteiger partial charge is 0.497 e. The summed E-state index contributed by atoms with van der Waals surface area (Å²) in [5.41, 5.74) is 7.57. The molecule has 2 N–H and O–H groups in total. The average molecular weight is 292 g/mol. The van der Waals surface area contributed by atoms with Crippen molar-refractivity contribution in [1.29, 1.82) is 0 Å². The van der Waals surface area contributed by atoms with Crippen molar-refractivity contribution in [1.82, 2.24) is 4.90 Å². The van der Waals surface area contributed by atoms with Gasteiger partial charge in [0.15, 0.2) is 0 Å². The van der Waals surface area contributed by atoms with Crippen molar-refractivity contribution >= 4 is 10.8 Å². The highest BCUT2D eigenvalue weighted by atomic mass is 32.2. The van der Waals surface area contributed by atoms with E-state index in [0.717, 1.165) is 48.0 Å². The van der Waals surface area contributed by atoms with E-state index < -0.39 is 10.8 Å². The third-order valence-electron chi connectivity index (χ3n) is 3.30. The molecular weight excluding hydrogens is 272 g/mol. The third kappa shape index (κ3) is 4.07. The van der Waals surface area contributed by atoms with Crippen LogP contribution < -0.4 is 10.5 Å². The molecular formula is C15H20N2O2S. The molecule has 20 heavy (non-hydrogen) atoms. The van der Waals surface area contributed by atoms with Crippen molar-refractivity contribution in [2.75, 3.05) is 38.2 Å². The highest BCUT2D eigenvalue weighted by Crippen LogP contribution is 2.19. The number of ether oxygens (including phenoxy) is 1. The fourth-order valence-electron chi connectivity index (χ4n) is 2.17. The Kier molecular flexibility index (Phi) is 5.60. The summed E-state index contributed by atoms with van der Waals surface area (Å²) >= 11 is 0. The van der Waals surface area contributed by atoms with E-state index in [9.17, 15) is 4.21 Å². The highest BCUT2D eigenvalue weighted by molar-refractivity contribution is 7.85. The number of benzene rings is 1. The quantitative estimate of drug-likeness (QED) is 0.828. The summed E-state index contributed by atoms with van der Waals surface area (Å²) in [6.45, 7) is 2.90. The zero-order chi connectivity index (χ0) is 14.4. The summed E-state index contributed by atoms with van der Waals surface area (Å²) in [6, 6.07) is 5.90. The standard InChI is InChI=1S/C15H20N2O2S/c1-19-15-5-4-13(3-2-6-16)14(11-15)12-17-7-9-20(18)10-8-17/h4-5,11H,6-10,12,16H2,1H3. The maximum atomic E-state index is 11.4. The van der Waals surface area contributed by atoms with Gasteiger partial charge < -0.3 is 10.5 Å². The van der Waals surface area contributed by atoms with Crippen molar-refractivity contribution < 1.29 is 8.95 Å². The third-order valence-corrected chi connectivity index (χ3v) is 4.58. The fraction of sp³-hybridized carbons (Fsp3) is 0.467. The lowest BCUT2D eigenvalue weighted by molar-refractivity contribution is 0.290. The van der Waals surface area contributed by atoms with Crippen molar-refractivity contribution in [2.45, 2.75) is 6.54 Å². The summed E-state index contributed by atoms with van der Waals surface area (Å²) in [5.74, 6) is 8.35. The lowest BCUT2D eigenvalue weighted by Gasteiger charge is -2.26. The molecule has 1 saturated heterocycles. The Morgan fingerprint density at radius 3 is 2.80 bits per heavy atom. The SMILES string of the molecule is COc1ccc(C#CCN)c(CN2CCS(=O)CC2)c1. The summed E-state index contributed by atoms with van der Waals surface area (Å²) in [6.07, 6.45) is 0. The van der Waals surface area contributed by atoms with E-state index in [2.05, 4.69) is 16.7 Å². The molecule has 0 unspecified atom stereocenters. The summed E-state index contributed by atoms with van der Waals surface area (Å²) in [4.78, 5) is 2.31. The van der Waals surface area contributed by atoms with Crippen LogP contribution in [0.4, 0.5) is 0 Å². The lowest BCUT2D eigenvalue weighted by atomic mass is 10.1. The van der Waals surface area contributed by atoms with Gasteiger partial charge in [0.05, 0.1) is 13.7 Å². The Morgan fingerprint density at radius 2 is 2.15 bits per heavy atom. The minimum Gasteiger partial charge on any atom is -0.497 e. The Hall–Kier alpha value is -1.35. The molecule has 0 aliphatic carbocycles. The van der Waals surface area contributed by atoms with Gasteiger partial charge in [-0.1, -0.05) is 11.8 Å². The molecule has 0 radical (unpaired) electrons. The second-order valence-electron chi connectivity index (χ2n) is 4.65. The predicted octanol–water partition coefficient (Wildman–Crippen LogP) is 0.570. The van der Waals surface area contributed by atoms with Crippen LogP contribution in [0.5, 0.6) is 5.75 Å². The Morgan fingerprint density at radius 1 is 1.40 bits per heavy atom. The summed E-state index contributed by atoms with van der Waals surface area (Å²) < 4.78 is 16.7. The number of methoxy groups -OCH3 is 1. The van der Waals surface area contributed by atoms with Gasteiger partial charge in [0.2, 0.25) is 0 Å². The first-order valence-electron chi connectivity index (χ1n) is 6.66. The molecule has 1 fully saturated rings. The smallest absolute Gasteiger partial charge is 0.119 e. The monoisotopic (exact) mass is 292 g/mol. The van der Waals surface area contributed by atoms with Crippen LogP contribution in [0.1, 0.15) is 11.1 Å². The van der Waals surface area contributed by atoms with Crippen molar-refractivity contribution in [3.63, 3.8) is 0 Å². The van der Waals surface area contributed by atoms with E-state index in [1.54, 1.807) is 7.11 Å². The maximum absolute atomic E-state index is 11.4. The molecule has 0 bridgehead atoms. The van der Waals surface area contributed by atoms with Gasteiger partial charge in [0, 0.05) is 47.5 Å². The van der Waals surface area contributed by atoms with Crippen molar-refractivity contribution in [3.8, 4) is 17.6 Å². The first-order valence-corrected chi connectivity index (χ1v) is 8.15. The Labute approximate surface area is 122 Å². The molecule has 1 aromatic rings. The van der Waals surface area contributed by atoms with E-state index in [1.165, 1.54) is 0 Å². The molecule has 2 rings (SSSR count). The van der Waals surface area contributed by atoms with Crippen LogP contribution in [0.3, 0.4) is 0 Å². The molecule has 5 heteroatoms. The first-order chi connectivity index (χ1) is 9.72. The van der Waals surface area contributed by atoms with Crippen LogP contribution in [0.25, 0.3) is 0 Å². The molecule has 0 aromatic heterocycles. The van der Waals surface area contributed by atoms with Crippen LogP contribution in [0, 0.1) is 11.8 Å². The van der Waals surface area contributed by atoms with E-state index in [0.29, 0.717) is 6.54 Å². The molecule has 4 nitrogen and oxygen atoms in total. The molecule has 108 valence electrons. The van der Waals surface area contributed by atoms with Crippen molar-refractivity contribution in [2.24, 2.45) is 5.73 Å². The second-order valence-corrected chi connectivity index (χ2v) is 6.35. The predicted molar refractivity (Wildman–Crippen MR) is 82.1 cm³/mol. The summed E-state index contributed by atoms with van der Waals surface area (Å²) in [5, 5.41) is 0.